The zero-order valence-corrected chi connectivity index (χ0v) is 17.4. The highest BCUT2D eigenvalue weighted by molar-refractivity contribution is 6.04. The lowest BCUT2D eigenvalue weighted by atomic mass is 10.1. The molecule has 0 unspecified atom stereocenters. The van der Waals surface area contributed by atoms with E-state index >= 15 is 0 Å². The van der Waals surface area contributed by atoms with Crippen LogP contribution in [0, 0.1) is 0 Å². The van der Waals surface area contributed by atoms with Crippen LogP contribution in [0.1, 0.15) is 47.7 Å². The van der Waals surface area contributed by atoms with E-state index in [0.717, 1.165) is 18.7 Å². The van der Waals surface area contributed by atoms with Crippen molar-refractivity contribution >= 4 is 11.6 Å². The van der Waals surface area contributed by atoms with Gasteiger partial charge in [0.2, 0.25) is 0 Å². The van der Waals surface area contributed by atoms with Crippen molar-refractivity contribution in [3.63, 3.8) is 0 Å². The fourth-order valence-electron chi connectivity index (χ4n) is 2.64. The molecule has 158 valence electrons. The van der Waals surface area contributed by atoms with Gasteiger partial charge in [0.25, 0.3) is 5.91 Å². The number of aliphatic hydroxyl groups is 1. The molecular formula is C24H30N4O2. The van der Waals surface area contributed by atoms with E-state index in [1.54, 1.807) is 36.9 Å². The molecular weight excluding hydrogens is 376 g/mol. The Hall–Kier alpha value is -3.09. The van der Waals surface area contributed by atoms with Crippen molar-refractivity contribution in [3.8, 4) is 0 Å². The molecule has 6 heteroatoms. The number of aliphatic hydroxyl groups excluding tert-OH is 1. The van der Waals surface area contributed by atoms with Gasteiger partial charge in [0, 0.05) is 30.7 Å². The van der Waals surface area contributed by atoms with E-state index in [0.29, 0.717) is 11.3 Å². The van der Waals surface area contributed by atoms with Gasteiger partial charge < -0.3 is 15.7 Å². The number of pyridine rings is 2. The summed E-state index contributed by atoms with van der Waals surface area (Å²) in [5.74, 6) is -0.115. The summed E-state index contributed by atoms with van der Waals surface area (Å²) in [5.41, 5.74) is 3.40. The number of hydrogen-bond acceptors (Lipinski definition) is 5. The zero-order chi connectivity index (χ0) is 21.4. The van der Waals surface area contributed by atoms with Gasteiger partial charge in [0.05, 0.1) is 18.5 Å². The van der Waals surface area contributed by atoms with Crippen LogP contribution < -0.4 is 10.6 Å². The lowest BCUT2D eigenvalue weighted by molar-refractivity contribution is 0.102. The molecule has 1 amide bonds. The monoisotopic (exact) mass is 406 g/mol. The average molecular weight is 407 g/mol. The average Bonchev–Trinajstić information content (AvgIpc) is 2.81. The SMILES string of the molecule is CCCCCNCc1ccc(C(=O)Nc2cccnc2)cc1.OCc1cccnc1. The molecule has 2 aromatic heterocycles. The van der Waals surface area contributed by atoms with Gasteiger partial charge in [-0.3, -0.25) is 14.8 Å². The Labute approximate surface area is 178 Å². The van der Waals surface area contributed by atoms with Crippen LogP contribution >= 0.6 is 0 Å². The third-order valence-electron chi connectivity index (χ3n) is 4.33. The van der Waals surface area contributed by atoms with E-state index in [4.69, 9.17) is 5.11 Å². The Kier molecular flexibility index (Phi) is 10.8. The summed E-state index contributed by atoms with van der Waals surface area (Å²) in [4.78, 5) is 19.9. The molecule has 0 bridgehead atoms. The van der Waals surface area contributed by atoms with Crippen molar-refractivity contribution in [1.82, 2.24) is 15.3 Å². The minimum atomic E-state index is -0.115. The summed E-state index contributed by atoms with van der Waals surface area (Å²) in [6, 6.07) is 14.9. The zero-order valence-electron chi connectivity index (χ0n) is 17.4. The molecule has 0 radical (unpaired) electrons. The largest absolute Gasteiger partial charge is 0.392 e. The smallest absolute Gasteiger partial charge is 0.255 e. The Bertz CT molecular complexity index is 840. The first-order chi connectivity index (χ1) is 14.7. The van der Waals surface area contributed by atoms with Gasteiger partial charge in [0.1, 0.15) is 0 Å². The summed E-state index contributed by atoms with van der Waals surface area (Å²) in [6.07, 6.45) is 10.3. The fraction of sp³-hybridized carbons (Fsp3) is 0.292. The molecule has 0 saturated carbocycles. The number of anilines is 1. The number of carbonyl (C=O) groups excluding carboxylic acids is 1. The molecule has 3 rings (SSSR count). The minimum Gasteiger partial charge on any atom is -0.392 e. The van der Waals surface area contributed by atoms with Gasteiger partial charge in [0.15, 0.2) is 0 Å². The van der Waals surface area contributed by atoms with Crippen molar-refractivity contribution in [3.05, 3.63) is 90.0 Å². The van der Waals surface area contributed by atoms with Crippen LogP contribution in [-0.4, -0.2) is 27.5 Å². The van der Waals surface area contributed by atoms with Gasteiger partial charge in [-0.05, 0) is 54.4 Å². The highest BCUT2D eigenvalue weighted by Gasteiger charge is 2.05. The number of aromatic nitrogens is 2. The number of unbranched alkanes of at least 4 members (excludes halogenated alkanes) is 2. The molecule has 0 aliphatic carbocycles. The van der Waals surface area contributed by atoms with Crippen LogP contribution in [0.25, 0.3) is 0 Å². The number of rotatable bonds is 9. The van der Waals surface area contributed by atoms with E-state index in [2.05, 4.69) is 27.5 Å². The molecule has 3 N–H and O–H groups in total. The molecule has 3 aromatic rings. The van der Waals surface area contributed by atoms with Crippen molar-refractivity contribution in [2.24, 2.45) is 0 Å². The maximum atomic E-state index is 12.1. The Balaban J connectivity index is 0.000000335. The quantitative estimate of drug-likeness (QED) is 0.464. The highest BCUT2D eigenvalue weighted by atomic mass is 16.3. The van der Waals surface area contributed by atoms with Crippen LogP contribution in [-0.2, 0) is 13.2 Å². The van der Waals surface area contributed by atoms with Crippen LogP contribution in [0.15, 0.2) is 73.3 Å². The second kappa shape index (κ2) is 14.0. The number of carbonyl (C=O) groups is 1. The van der Waals surface area contributed by atoms with E-state index in [9.17, 15) is 4.79 Å². The van der Waals surface area contributed by atoms with Gasteiger partial charge in [-0.2, -0.15) is 0 Å². The molecule has 0 aliphatic heterocycles. The maximum Gasteiger partial charge on any atom is 0.255 e. The van der Waals surface area contributed by atoms with Crippen molar-refractivity contribution < 1.29 is 9.90 Å². The van der Waals surface area contributed by atoms with Gasteiger partial charge >= 0.3 is 0 Å². The maximum absolute atomic E-state index is 12.1. The van der Waals surface area contributed by atoms with Gasteiger partial charge in [-0.25, -0.2) is 0 Å². The second-order valence-electron chi connectivity index (χ2n) is 6.80. The molecule has 0 fully saturated rings. The van der Waals surface area contributed by atoms with Crippen LogP contribution in [0.5, 0.6) is 0 Å². The Morgan fingerprint density at radius 3 is 2.23 bits per heavy atom. The number of amides is 1. The number of hydrogen-bond donors (Lipinski definition) is 3. The third kappa shape index (κ3) is 8.94. The van der Waals surface area contributed by atoms with E-state index in [1.807, 2.05) is 36.4 Å². The molecule has 0 aliphatic rings. The minimum absolute atomic E-state index is 0.0772. The van der Waals surface area contributed by atoms with Crippen molar-refractivity contribution in [1.29, 1.82) is 0 Å². The topological polar surface area (TPSA) is 87.1 Å². The summed E-state index contributed by atoms with van der Waals surface area (Å²) in [5, 5.41) is 14.7. The number of nitrogens with one attached hydrogen (secondary N) is 2. The molecule has 1 aromatic carbocycles. The highest BCUT2D eigenvalue weighted by Crippen LogP contribution is 2.09. The first-order valence-corrected chi connectivity index (χ1v) is 10.2. The molecule has 0 spiro atoms. The Morgan fingerprint density at radius 1 is 0.933 bits per heavy atom. The number of benzene rings is 1. The summed E-state index contributed by atoms with van der Waals surface area (Å²) < 4.78 is 0. The van der Waals surface area contributed by atoms with Crippen LogP contribution in [0.3, 0.4) is 0 Å². The molecule has 2 heterocycles. The van der Waals surface area contributed by atoms with E-state index in [-0.39, 0.29) is 12.5 Å². The van der Waals surface area contributed by atoms with Crippen molar-refractivity contribution in [2.75, 3.05) is 11.9 Å². The lowest BCUT2D eigenvalue weighted by Gasteiger charge is -2.07. The summed E-state index contributed by atoms with van der Waals surface area (Å²) >= 11 is 0. The van der Waals surface area contributed by atoms with Gasteiger partial charge in [-0.1, -0.05) is 38.0 Å². The predicted molar refractivity (Wildman–Crippen MR) is 120 cm³/mol. The number of nitrogens with zero attached hydrogens (tertiary/aromatic N) is 2. The third-order valence-corrected chi connectivity index (χ3v) is 4.33. The lowest BCUT2D eigenvalue weighted by Crippen LogP contribution is -2.15. The van der Waals surface area contributed by atoms with Gasteiger partial charge in [-0.15, -0.1) is 0 Å². The normalized spacial score (nSPS) is 10.1. The van der Waals surface area contributed by atoms with E-state index in [1.165, 1.54) is 24.8 Å². The van der Waals surface area contributed by atoms with Crippen LogP contribution in [0.4, 0.5) is 5.69 Å². The Morgan fingerprint density at radius 2 is 1.67 bits per heavy atom. The fourth-order valence-corrected chi connectivity index (χ4v) is 2.64. The first-order valence-electron chi connectivity index (χ1n) is 10.2. The van der Waals surface area contributed by atoms with Crippen LogP contribution in [0.2, 0.25) is 0 Å². The van der Waals surface area contributed by atoms with Crippen molar-refractivity contribution in [2.45, 2.75) is 39.3 Å². The standard InChI is InChI=1S/C18H23N3O.C6H7NO/c1-2-3-4-11-19-13-15-7-9-16(10-8-15)18(22)21-17-6-5-12-20-14-17;8-5-6-2-1-3-7-4-6/h5-10,12,14,19H,2-4,11,13H2,1H3,(H,21,22);1-4,8H,5H2. The molecule has 0 saturated heterocycles. The molecule has 30 heavy (non-hydrogen) atoms. The first kappa shape index (κ1) is 23.2. The van der Waals surface area contributed by atoms with E-state index < -0.39 is 0 Å². The summed E-state index contributed by atoms with van der Waals surface area (Å²) in [7, 11) is 0. The molecule has 6 nitrogen and oxygen atoms in total. The summed E-state index contributed by atoms with van der Waals surface area (Å²) in [6.45, 7) is 4.16. The predicted octanol–water partition coefficient (Wildman–Crippen LogP) is 4.19. The molecule has 0 atom stereocenters. The second-order valence-corrected chi connectivity index (χ2v) is 6.80.